The van der Waals surface area contributed by atoms with Crippen molar-refractivity contribution in [2.24, 2.45) is 0 Å². The first-order valence-corrected chi connectivity index (χ1v) is 12.2. The first-order valence-electron chi connectivity index (χ1n) is 12.2. The molecule has 0 atom stereocenters. The van der Waals surface area contributed by atoms with E-state index in [0.29, 0.717) is 43.4 Å². The number of piperazine rings is 1. The highest BCUT2D eigenvalue weighted by Crippen LogP contribution is 2.30. The molecule has 184 valence electrons. The molecule has 3 aromatic carbocycles. The third kappa shape index (κ3) is 6.25. The molecule has 0 unspecified atom stereocenters. The van der Waals surface area contributed by atoms with Crippen LogP contribution in [-0.2, 0) is 11.4 Å². The summed E-state index contributed by atoms with van der Waals surface area (Å²) in [5, 5.41) is 9.75. The third-order valence-corrected chi connectivity index (χ3v) is 6.09. The van der Waals surface area contributed by atoms with Crippen LogP contribution in [0.25, 0.3) is 6.08 Å². The van der Waals surface area contributed by atoms with E-state index in [2.05, 4.69) is 29.2 Å². The maximum absolute atomic E-state index is 13.1. The summed E-state index contributed by atoms with van der Waals surface area (Å²) in [6.45, 7) is 7.47. The molecular formula is C30H31N3O3. The molecule has 1 aliphatic rings. The smallest absolute Gasteiger partial charge is 0.264 e. The van der Waals surface area contributed by atoms with Crippen molar-refractivity contribution in [2.45, 2.75) is 20.5 Å². The summed E-state index contributed by atoms with van der Waals surface area (Å²) in [6, 6.07) is 25.9. The van der Waals surface area contributed by atoms with Crippen LogP contribution in [0.1, 0.15) is 23.6 Å². The zero-order valence-electron chi connectivity index (χ0n) is 20.8. The quantitative estimate of drug-likeness (QED) is 0.326. The summed E-state index contributed by atoms with van der Waals surface area (Å²) in [5.41, 5.74) is 4.23. The third-order valence-electron chi connectivity index (χ3n) is 6.09. The molecule has 0 spiro atoms. The van der Waals surface area contributed by atoms with Gasteiger partial charge in [0, 0.05) is 31.9 Å². The van der Waals surface area contributed by atoms with Crippen molar-refractivity contribution in [3.05, 3.63) is 95.1 Å². The monoisotopic (exact) mass is 481 g/mol. The zero-order valence-corrected chi connectivity index (χ0v) is 20.8. The fraction of sp³-hybridized carbons (Fsp3) is 0.267. The summed E-state index contributed by atoms with van der Waals surface area (Å²) < 4.78 is 11.8. The van der Waals surface area contributed by atoms with Crippen molar-refractivity contribution in [3.63, 3.8) is 0 Å². The number of nitrogens with zero attached hydrogens (tertiary/aromatic N) is 3. The van der Waals surface area contributed by atoms with Crippen LogP contribution < -0.4 is 14.4 Å². The van der Waals surface area contributed by atoms with Gasteiger partial charge in [-0.3, -0.25) is 4.79 Å². The van der Waals surface area contributed by atoms with Crippen LogP contribution in [0.4, 0.5) is 5.69 Å². The molecule has 0 bridgehead atoms. The van der Waals surface area contributed by atoms with Crippen LogP contribution in [0.15, 0.2) is 78.4 Å². The predicted octanol–water partition coefficient (Wildman–Crippen LogP) is 5.23. The Balaban J connectivity index is 1.44. The van der Waals surface area contributed by atoms with Crippen LogP contribution in [0.3, 0.4) is 0 Å². The van der Waals surface area contributed by atoms with Crippen LogP contribution in [-0.4, -0.2) is 43.6 Å². The number of ether oxygens (including phenoxy) is 2. The van der Waals surface area contributed by atoms with Crippen LogP contribution in [0.2, 0.25) is 0 Å². The van der Waals surface area contributed by atoms with Gasteiger partial charge in [-0.15, -0.1) is 0 Å². The molecule has 1 heterocycles. The van der Waals surface area contributed by atoms with Gasteiger partial charge in [0.25, 0.3) is 5.91 Å². The van der Waals surface area contributed by atoms with E-state index in [4.69, 9.17) is 9.47 Å². The molecule has 3 aromatic rings. The van der Waals surface area contributed by atoms with E-state index in [9.17, 15) is 10.1 Å². The summed E-state index contributed by atoms with van der Waals surface area (Å²) in [4.78, 5) is 17.1. The minimum absolute atomic E-state index is 0.110. The Morgan fingerprint density at radius 3 is 2.42 bits per heavy atom. The van der Waals surface area contributed by atoms with E-state index in [1.165, 1.54) is 5.56 Å². The zero-order chi connectivity index (χ0) is 25.3. The molecule has 0 aromatic heterocycles. The SMILES string of the molecule is CCOc1cc(/C=C(/C#N)C(=O)N2CCN(c3ccccc3)CC2)ccc1OCc1cccc(C)c1. The standard InChI is InChI=1S/C30H31N3O3/c1-3-35-29-20-24(12-13-28(29)36-22-25-9-7-8-23(2)18-25)19-26(21-31)30(34)33-16-14-32(15-17-33)27-10-5-4-6-11-27/h4-13,18-20H,3,14-17,22H2,1-2H3/b26-19-. The number of carbonyl (C=O) groups excluding carboxylic acids is 1. The number of benzene rings is 3. The molecule has 0 radical (unpaired) electrons. The van der Waals surface area contributed by atoms with Gasteiger partial charge < -0.3 is 19.3 Å². The topological polar surface area (TPSA) is 65.8 Å². The highest BCUT2D eigenvalue weighted by atomic mass is 16.5. The molecular weight excluding hydrogens is 450 g/mol. The van der Waals surface area contributed by atoms with E-state index in [-0.39, 0.29) is 11.5 Å². The van der Waals surface area contributed by atoms with E-state index in [1.54, 1.807) is 11.0 Å². The Labute approximate surface area is 213 Å². The molecule has 0 N–H and O–H groups in total. The molecule has 6 nitrogen and oxygen atoms in total. The van der Waals surface area contributed by atoms with Gasteiger partial charge in [0.2, 0.25) is 0 Å². The molecule has 4 rings (SSSR count). The van der Waals surface area contributed by atoms with Gasteiger partial charge >= 0.3 is 0 Å². The van der Waals surface area contributed by atoms with Gasteiger partial charge in [-0.05, 0) is 55.3 Å². The molecule has 1 saturated heterocycles. The Morgan fingerprint density at radius 1 is 0.944 bits per heavy atom. The number of anilines is 1. The van der Waals surface area contributed by atoms with Crippen molar-refractivity contribution in [1.82, 2.24) is 4.90 Å². The molecule has 0 aliphatic carbocycles. The fourth-order valence-corrected chi connectivity index (χ4v) is 4.25. The Kier molecular flexibility index (Phi) is 8.25. The van der Waals surface area contributed by atoms with Gasteiger partial charge in [-0.25, -0.2) is 0 Å². The van der Waals surface area contributed by atoms with E-state index >= 15 is 0 Å². The van der Waals surface area contributed by atoms with Gasteiger partial charge in [-0.1, -0.05) is 54.1 Å². The molecule has 6 heteroatoms. The average Bonchev–Trinajstić information content (AvgIpc) is 2.92. The Morgan fingerprint density at radius 2 is 1.72 bits per heavy atom. The summed E-state index contributed by atoms with van der Waals surface area (Å²) >= 11 is 0. The maximum Gasteiger partial charge on any atom is 0.264 e. The number of rotatable bonds is 8. The summed E-state index contributed by atoms with van der Waals surface area (Å²) in [7, 11) is 0. The Bertz CT molecular complexity index is 1260. The lowest BCUT2D eigenvalue weighted by molar-refractivity contribution is -0.126. The number of para-hydroxylation sites is 1. The number of hydrogen-bond donors (Lipinski definition) is 0. The molecule has 0 saturated carbocycles. The van der Waals surface area contributed by atoms with Gasteiger partial charge in [0.15, 0.2) is 11.5 Å². The van der Waals surface area contributed by atoms with E-state index in [0.717, 1.165) is 24.3 Å². The minimum Gasteiger partial charge on any atom is -0.490 e. The minimum atomic E-state index is -0.247. The molecule has 1 fully saturated rings. The predicted molar refractivity (Wildman–Crippen MR) is 142 cm³/mol. The highest BCUT2D eigenvalue weighted by molar-refractivity contribution is 6.01. The van der Waals surface area contributed by atoms with Crippen molar-refractivity contribution in [1.29, 1.82) is 5.26 Å². The summed E-state index contributed by atoms with van der Waals surface area (Å²) in [6.07, 6.45) is 1.62. The first kappa shape index (κ1) is 24.9. The van der Waals surface area contributed by atoms with Crippen molar-refractivity contribution < 1.29 is 14.3 Å². The second kappa shape index (κ2) is 11.9. The lowest BCUT2D eigenvalue weighted by atomic mass is 10.1. The molecule has 36 heavy (non-hydrogen) atoms. The van der Waals surface area contributed by atoms with E-state index in [1.807, 2.05) is 68.4 Å². The van der Waals surface area contributed by atoms with Gasteiger partial charge in [0.1, 0.15) is 18.2 Å². The van der Waals surface area contributed by atoms with Crippen molar-refractivity contribution in [3.8, 4) is 17.6 Å². The highest BCUT2D eigenvalue weighted by Gasteiger charge is 2.24. The number of nitriles is 1. The maximum atomic E-state index is 13.1. The molecule has 1 amide bonds. The Hall–Kier alpha value is -4.24. The van der Waals surface area contributed by atoms with E-state index < -0.39 is 0 Å². The van der Waals surface area contributed by atoms with Gasteiger partial charge in [0.05, 0.1) is 6.61 Å². The number of aryl methyl sites for hydroxylation is 1. The van der Waals surface area contributed by atoms with Gasteiger partial charge in [-0.2, -0.15) is 5.26 Å². The van der Waals surface area contributed by atoms with Crippen LogP contribution in [0, 0.1) is 18.3 Å². The second-order valence-electron chi connectivity index (χ2n) is 8.70. The van der Waals surface area contributed by atoms with Crippen LogP contribution in [0.5, 0.6) is 11.5 Å². The first-order chi connectivity index (χ1) is 17.6. The second-order valence-corrected chi connectivity index (χ2v) is 8.70. The number of carbonyl (C=O) groups is 1. The molecule has 1 aliphatic heterocycles. The number of amides is 1. The van der Waals surface area contributed by atoms with Crippen molar-refractivity contribution >= 4 is 17.7 Å². The lowest BCUT2D eigenvalue weighted by Gasteiger charge is -2.36. The average molecular weight is 482 g/mol. The normalized spacial score (nSPS) is 13.8. The lowest BCUT2D eigenvalue weighted by Crippen LogP contribution is -2.49. The van der Waals surface area contributed by atoms with Crippen LogP contribution >= 0.6 is 0 Å². The largest absolute Gasteiger partial charge is 0.490 e. The van der Waals surface area contributed by atoms with Crippen molar-refractivity contribution in [2.75, 3.05) is 37.7 Å². The summed E-state index contributed by atoms with van der Waals surface area (Å²) in [5.74, 6) is 0.959. The fourth-order valence-electron chi connectivity index (χ4n) is 4.25. The number of hydrogen-bond acceptors (Lipinski definition) is 5.